The average Bonchev–Trinajstić information content (AvgIpc) is 2.62. The third-order valence-electron chi connectivity index (χ3n) is 3.87. The average molecular weight is 414 g/mol. The molecule has 0 aliphatic heterocycles. The third-order valence-corrected chi connectivity index (χ3v) is 4.45. The van der Waals surface area contributed by atoms with Crippen molar-refractivity contribution in [1.82, 2.24) is 0 Å². The lowest BCUT2D eigenvalue weighted by Crippen LogP contribution is -1.95. The molecule has 0 spiro atoms. The van der Waals surface area contributed by atoms with E-state index in [0.717, 1.165) is 23.5 Å². The van der Waals surface area contributed by atoms with Crippen molar-refractivity contribution in [2.75, 3.05) is 8.85 Å². The Balaban J connectivity index is 2.03. The second-order valence-electron chi connectivity index (χ2n) is 5.36. The molecule has 0 aliphatic rings. The molecule has 0 bridgehead atoms. The van der Waals surface area contributed by atoms with Crippen LogP contribution in [0.5, 0.6) is 0 Å². The van der Waals surface area contributed by atoms with Crippen LogP contribution in [0.2, 0.25) is 0 Å². The van der Waals surface area contributed by atoms with Crippen LogP contribution in [0.4, 0.5) is 17.1 Å². The van der Waals surface area contributed by atoms with Gasteiger partial charge in [0.05, 0.1) is 28.6 Å². The van der Waals surface area contributed by atoms with Crippen LogP contribution < -0.4 is 8.85 Å². The van der Waals surface area contributed by atoms with Crippen molar-refractivity contribution in [3.05, 3.63) is 78.4 Å². The summed E-state index contributed by atoms with van der Waals surface area (Å²) in [4.78, 5) is 0. The molecule has 3 rings (SSSR count). The van der Waals surface area contributed by atoms with Gasteiger partial charge in [0.1, 0.15) is 0 Å². The lowest BCUT2D eigenvalue weighted by atomic mass is 9.96. The summed E-state index contributed by atoms with van der Waals surface area (Å²) in [5.74, 6) is 0. The van der Waals surface area contributed by atoms with Gasteiger partial charge in [-0.1, -0.05) is 49.4 Å². The van der Waals surface area contributed by atoms with Crippen molar-refractivity contribution in [2.24, 2.45) is 0 Å². The number of hydrogen-bond acceptors (Lipinski definition) is 2. The third kappa shape index (κ3) is 3.67. The largest absolute Gasteiger partial charge is 0.356 e. The first-order valence-electron chi connectivity index (χ1n) is 7.73. The Morgan fingerprint density at radius 2 is 1.52 bits per heavy atom. The van der Waals surface area contributed by atoms with Crippen molar-refractivity contribution >= 4 is 39.9 Å². The van der Waals surface area contributed by atoms with Gasteiger partial charge in [-0.25, -0.2) is 0 Å². The smallest absolute Gasteiger partial charge is 0.0560 e. The van der Waals surface area contributed by atoms with Gasteiger partial charge in [0.25, 0.3) is 0 Å². The molecule has 23 heavy (non-hydrogen) atoms. The summed E-state index contributed by atoms with van der Waals surface area (Å²) in [6.45, 7) is 2.20. The van der Waals surface area contributed by atoms with Gasteiger partial charge in [0.2, 0.25) is 0 Å². The van der Waals surface area contributed by atoms with Gasteiger partial charge < -0.3 is 8.85 Å². The van der Waals surface area contributed by atoms with E-state index in [9.17, 15) is 0 Å². The highest BCUT2D eigenvalue weighted by molar-refractivity contribution is 14.1. The maximum absolute atomic E-state index is 3.47. The van der Waals surface area contributed by atoms with E-state index in [1.165, 1.54) is 16.7 Å². The minimum absolute atomic E-state index is 1.02. The number of hydrogen-bond donors (Lipinski definition) is 2. The van der Waals surface area contributed by atoms with Gasteiger partial charge >= 0.3 is 0 Å². The highest BCUT2D eigenvalue weighted by atomic mass is 127. The van der Waals surface area contributed by atoms with Crippen LogP contribution in [0.15, 0.2) is 72.8 Å². The highest BCUT2D eigenvalue weighted by Crippen LogP contribution is 2.34. The Hall–Kier alpha value is -2.01. The van der Waals surface area contributed by atoms with Gasteiger partial charge in [-0.2, -0.15) is 0 Å². The molecule has 3 aromatic carbocycles. The summed E-state index contributed by atoms with van der Waals surface area (Å²) in [5.41, 5.74) is 7.18. The van der Waals surface area contributed by atoms with E-state index in [4.69, 9.17) is 0 Å². The topological polar surface area (TPSA) is 24.1 Å². The van der Waals surface area contributed by atoms with E-state index in [2.05, 4.69) is 93.2 Å². The summed E-state index contributed by atoms with van der Waals surface area (Å²) in [6.07, 6.45) is 1.02. The summed E-state index contributed by atoms with van der Waals surface area (Å²) in [6, 6.07) is 25.3. The Morgan fingerprint density at radius 3 is 2.26 bits per heavy atom. The second-order valence-corrected chi connectivity index (χ2v) is 5.90. The molecule has 2 nitrogen and oxygen atoms in total. The number of benzene rings is 3. The standard InChI is InChI=1S/C20H19IN2/c1-2-15-8-6-7-11-18(15)19-14-17(12-13-20(19)23-21)22-16-9-4-3-5-10-16/h3-14,22-23H,2H2,1H3. The highest BCUT2D eigenvalue weighted by Gasteiger charge is 2.09. The molecular formula is C20H19IN2. The van der Waals surface area contributed by atoms with Crippen LogP contribution in [0, 0.1) is 0 Å². The maximum Gasteiger partial charge on any atom is 0.0560 e. The summed E-state index contributed by atoms with van der Waals surface area (Å²) in [7, 11) is 0. The summed E-state index contributed by atoms with van der Waals surface area (Å²) < 4.78 is 3.28. The van der Waals surface area contributed by atoms with Crippen molar-refractivity contribution in [3.8, 4) is 11.1 Å². The zero-order chi connectivity index (χ0) is 16.1. The van der Waals surface area contributed by atoms with E-state index < -0.39 is 0 Å². The fourth-order valence-electron chi connectivity index (χ4n) is 2.71. The maximum atomic E-state index is 3.47. The zero-order valence-corrected chi connectivity index (χ0v) is 15.2. The molecule has 3 heteroatoms. The van der Waals surface area contributed by atoms with E-state index >= 15 is 0 Å². The van der Waals surface area contributed by atoms with Gasteiger partial charge in [-0.15, -0.1) is 0 Å². The lowest BCUT2D eigenvalue weighted by Gasteiger charge is -2.15. The van der Waals surface area contributed by atoms with Gasteiger partial charge in [0, 0.05) is 16.9 Å². The number of rotatable bonds is 5. The van der Waals surface area contributed by atoms with Gasteiger partial charge in [-0.3, -0.25) is 0 Å². The van der Waals surface area contributed by atoms with Crippen LogP contribution in [-0.2, 0) is 6.42 Å². The SMILES string of the molecule is CCc1ccccc1-c1cc(Nc2ccccc2)ccc1NI. The molecule has 0 atom stereocenters. The molecule has 2 N–H and O–H groups in total. The molecular weight excluding hydrogens is 395 g/mol. The number of anilines is 3. The number of aryl methyl sites for hydroxylation is 1. The Bertz CT molecular complexity index is 785. The molecule has 0 heterocycles. The van der Waals surface area contributed by atoms with Crippen LogP contribution in [0.1, 0.15) is 12.5 Å². The summed E-state index contributed by atoms with van der Waals surface area (Å²) in [5, 5.41) is 3.47. The van der Waals surface area contributed by atoms with E-state index in [0.29, 0.717) is 0 Å². The van der Waals surface area contributed by atoms with Crippen molar-refractivity contribution in [2.45, 2.75) is 13.3 Å². The molecule has 0 saturated carbocycles. The lowest BCUT2D eigenvalue weighted by molar-refractivity contribution is 1.14. The molecule has 0 saturated heterocycles. The van der Waals surface area contributed by atoms with E-state index in [1.807, 2.05) is 18.2 Å². The summed E-state index contributed by atoms with van der Waals surface area (Å²) >= 11 is 2.19. The zero-order valence-electron chi connectivity index (χ0n) is 13.0. The molecule has 0 unspecified atom stereocenters. The first-order chi connectivity index (χ1) is 11.3. The van der Waals surface area contributed by atoms with Gasteiger partial charge in [0.15, 0.2) is 0 Å². The molecule has 0 radical (unpaired) electrons. The molecule has 0 aliphatic carbocycles. The van der Waals surface area contributed by atoms with Crippen LogP contribution in [-0.4, -0.2) is 0 Å². The molecule has 116 valence electrons. The van der Waals surface area contributed by atoms with Crippen molar-refractivity contribution in [3.63, 3.8) is 0 Å². The van der Waals surface area contributed by atoms with Crippen LogP contribution in [0.3, 0.4) is 0 Å². The molecule has 0 aromatic heterocycles. The van der Waals surface area contributed by atoms with Gasteiger partial charge in [-0.05, 0) is 47.9 Å². The first-order valence-corrected chi connectivity index (χ1v) is 8.80. The second kappa shape index (κ2) is 7.51. The fraction of sp³-hybridized carbons (Fsp3) is 0.100. The molecule has 0 amide bonds. The quantitative estimate of drug-likeness (QED) is 0.372. The first kappa shape index (κ1) is 15.9. The minimum Gasteiger partial charge on any atom is -0.356 e. The Labute approximate surface area is 151 Å². The Morgan fingerprint density at radius 1 is 0.783 bits per heavy atom. The number of nitrogens with one attached hydrogen (secondary N) is 2. The van der Waals surface area contributed by atoms with E-state index in [-0.39, 0.29) is 0 Å². The van der Waals surface area contributed by atoms with E-state index in [1.54, 1.807) is 0 Å². The predicted octanol–water partition coefficient (Wildman–Crippen LogP) is 6.42. The van der Waals surface area contributed by atoms with Crippen molar-refractivity contribution < 1.29 is 0 Å². The Kier molecular flexibility index (Phi) is 5.18. The number of halogens is 1. The predicted molar refractivity (Wildman–Crippen MR) is 109 cm³/mol. The molecule has 0 fully saturated rings. The normalized spacial score (nSPS) is 10.3. The number of para-hydroxylation sites is 1. The van der Waals surface area contributed by atoms with Crippen LogP contribution >= 0.6 is 22.9 Å². The molecule has 3 aromatic rings. The van der Waals surface area contributed by atoms with Crippen LogP contribution in [0.25, 0.3) is 11.1 Å². The monoisotopic (exact) mass is 414 g/mol. The fourth-order valence-corrected chi connectivity index (χ4v) is 3.18. The minimum atomic E-state index is 1.02. The van der Waals surface area contributed by atoms with Crippen molar-refractivity contribution in [1.29, 1.82) is 0 Å².